The van der Waals surface area contributed by atoms with Gasteiger partial charge in [0, 0.05) is 6.42 Å². The summed E-state index contributed by atoms with van der Waals surface area (Å²) >= 11 is 0. The molecule has 0 aliphatic carbocycles. The van der Waals surface area contributed by atoms with E-state index in [0.29, 0.717) is 13.0 Å². The molecule has 4 heteroatoms. The average Bonchev–Trinajstić information content (AvgIpc) is 2.99. The molecule has 1 aromatic carbocycles. The maximum atomic E-state index is 12.6. The van der Waals surface area contributed by atoms with Gasteiger partial charge >= 0.3 is 5.97 Å². The fraction of sp³-hybridized carbons (Fsp3) is 0.467. The molecule has 0 N–H and O–H groups in total. The second-order valence-corrected chi connectivity index (χ2v) is 5.17. The lowest BCUT2D eigenvalue weighted by atomic mass is 9.94. The number of likely N-dealkylation sites (tertiary alicyclic amines) is 1. The molecule has 2 saturated heterocycles. The molecule has 2 bridgehead atoms. The number of esters is 1. The topological polar surface area (TPSA) is 46.6 Å². The highest BCUT2D eigenvalue weighted by molar-refractivity contribution is 5.90. The summed E-state index contributed by atoms with van der Waals surface area (Å²) in [5.74, 6) is -0.348. The van der Waals surface area contributed by atoms with Crippen LogP contribution in [0.1, 0.15) is 31.2 Å². The van der Waals surface area contributed by atoms with Crippen molar-refractivity contribution in [2.75, 3.05) is 6.54 Å². The highest BCUT2D eigenvalue weighted by Crippen LogP contribution is 2.32. The van der Waals surface area contributed by atoms with E-state index in [9.17, 15) is 9.59 Å². The molecule has 2 aliphatic heterocycles. The number of hydrogen-bond donors (Lipinski definition) is 0. The Kier molecular flexibility index (Phi) is 3.01. The molecule has 0 aromatic heterocycles. The molecule has 1 aromatic rings. The van der Waals surface area contributed by atoms with Gasteiger partial charge in [0.1, 0.15) is 12.1 Å². The zero-order valence-electron chi connectivity index (χ0n) is 10.9. The van der Waals surface area contributed by atoms with Gasteiger partial charge in [0.05, 0.1) is 12.5 Å². The number of morpholine rings is 1. The van der Waals surface area contributed by atoms with Crippen molar-refractivity contribution in [1.29, 1.82) is 0 Å². The molecule has 0 radical (unpaired) electrons. The van der Waals surface area contributed by atoms with Crippen LogP contribution >= 0.6 is 0 Å². The smallest absolute Gasteiger partial charge is 0.329 e. The van der Waals surface area contributed by atoms with Crippen LogP contribution in [0.4, 0.5) is 0 Å². The molecule has 2 aliphatic rings. The summed E-state index contributed by atoms with van der Waals surface area (Å²) in [7, 11) is 0. The van der Waals surface area contributed by atoms with Crippen LogP contribution in [0.15, 0.2) is 30.3 Å². The summed E-state index contributed by atoms with van der Waals surface area (Å²) in [6.07, 6.45) is 1.32. The first-order valence-electron chi connectivity index (χ1n) is 6.76. The van der Waals surface area contributed by atoms with E-state index >= 15 is 0 Å². The van der Waals surface area contributed by atoms with Crippen LogP contribution < -0.4 is 0 Å². The lowest BCUT2D eigenvalue weighted by Gasteiger charge is -2.29. The van der Waals surface area contributed by atoms with Gasteiger partial charge in [-0.25, -0.2) is 4.79 Å². The standard InChI is InChI=1S/C15H17NO3/c1-2-12(10-6-4-3-5-7-10)14(17)16-9-11-8-13(16)15(18)19-11/h3-7,11-13H,2,8-9H2,1H3. The van der Waals surface area contributed by atoms with Crippen LogP contribution in [0, 0.1) is 0 Å². The van der Waals surface area contributed by atoms with Gasteiger partial charge in [-0.3, -0.25) is 4.79 Å². The van der Waals surface area contributed by atoms with Gasteiger partial charge in [-0.1, -0.05) is 37.3 Å². The largest absolute Gasteiger partial charge is 0.459 e. The summed E-state index contributed by atoms with van der Waals surface area (Å²) in [5, 5.41) is 0. The van der Waals surface area contributed by atoms with Gasteiger partial charge in [0.25, 0.3) is 0 Å². The van der Waals surface area contributed by atoms with Crippen molar-refractivity contribution in [3.8, 4) is 0 Å². The Morgan fingerprint density at radius 2 is 2.16 bits per heavy atom. The first kappa shape index (κ1) is 12.2. The van der Waals surface area contributed by atoms with Crippen LogP contribution in [0.5, 0.6) is 0 Å². The van der Waals surface area contributed by atoms with Gasteiger partial charge in [-0.05, 0) is 12.0 Å². The molecule has 100 valence electrons. The van der Waals surface area contributed by atoms with Crippen LogP contribution in [0.2, 0.25) is 0 Å². The summed E-state index contributed by atoms with van der Waals surface area (Å²) in [6, 6.07) is 9.41. The van der Waals surface area contributed by atoms with E-state index in [-0.39, 0.29) is 29.9 Å². The maximum Gasteiger partial charge on any atom is 0.329 e. The molecule has 3 unspecified atom stereocenters. The van der Waals surface area contributed by atoms with Crippen molar-refractivity contribution in [2.45, 2.75) is 37.8 Å². The average molecular weight is 259 g/mol. The second kappa shape index (κ2) is 4.68. The number of amides is 1. The second-order valence-electron chi connectivity index (χ2n) is 5.17. The van der Waals surface area contributed by atoms with E-state index in [1.54, 1.807) is 4.90 Å². The predicted octanol–water partition coefficient (Wildman–Crippen LogP) is 1.71. The summed E-state index contributed by atoms with van der Waals surface area (Å²) in [4.78, 5) is 25.9. The lowest BCUT2D eigenvalue weighted by molar-refractivity contribution is -0.157. The molecule has 3 rings (SSSR count). The van der Waals surface area contributed by atoms with Crippen molar-refractivity contribution in [3.63, 3.8) is 0 Å². The van der Waals surface area contributed by atoms with Gasteiger partial charge in [0.2, 0.25) is 5.91 Å². The Morgan fingerprint density at radius 3 is 2.74 bits per heavy atom. The molecule has 2 heterocycles. The fourth-order valence-corrected chi connectivity index (χ4v) is 3.03. The van der Waals surface area contributed by atoms with Crippen molar-refractivity contribution in [3.05, 3.63) is 35.9 Å². The van der Waals surface area contributed by atoms with Gasteiger partial charge in [0.15, 0.2) is 0 Å². The Bertz CT molecular complexity index is 499. The number of ether oxygens (including phenoxy) is 1. The number of fused-ring (bicyclic) bond motifs is 2. The highest BCUT2D eigenvalue weighted by Gasteiger charge is 2.49. The quantitative estimate of drug-likeness (QED) is 0.776. The number of carbonyl (C=O) groups excluding carboxylic acids is 2. The number of benzene rings is 1. The minimum absolute atomic E-state index is 0.0536. The van der Waals surface area contributed by atoms with Crippen molar-refractivity contribution in [2.24, 2.45) is 0 Å². The molecule has 19 heavy (non-hydrogen) atoms. The summed E-state index contributed by atoms with van der Waals surface area (Å²) in [5.41, 5.74) is 1.02. The SMILES string of the molecule is CCC(C(=O)N1CC2CC1C(=O)O2)c1ccccc1. The Morgan fingerprint density at radius 1 is 1.42 bits per heavy atom. The van der Waals surface area contributed by atoms with Crippen LogP contribution in [0.3, 0.4) is 0 Å². The Labute approximate surface area is 112 Å². The van der Waals surface area contributed by atoms with Gasteiger partial charge in [-0.15, -0.1) is 0 Å². The van der Waals surface area contributed by atoms with Crippen molar-refractivity contribution < 1.29 is 14.3 Å². The van der Waals surface area contributed by atoms with Crippen LogP contribution in [-0.2, 0) is 14.3 Å². The zero-order valence-corrected chi connectivity index (χ0v) is 10.9. The van der Waals surface area contributed by atoms with E-state index in [1.165, 1.54) is 0 Å². The number of hydrogen-bond acceptors (Lipinski definition) is 3. The van der Waals surface area contributed by atoms with Crippen LogP contribution in [-0.4, -0.2) is 35.5 Å². The number of nitrogens with zero attached hydrogens (tertiary/aromatic N) is 1. The summed E-state index contributed by atoms with van der Waals surface area (Å²) < 4.78 is 5.13. The Balaban J connectivity index is 1.81. The molecular weight excluding hydrogens is 242 g/mol. The number of carbonyl (C=O) groups is 2. The molecular formula is C15H17NO3. The van der Waals surface area contributed by atoms with Crippen molar-refractivity contribution in [1.82, 2.24) is 4.90 Å². The zero-order chi connectivity index (χ0) is 13.4. The van der Waals surface area contributed by atoms with E-state index in [4.69, 9.17) is 4.74 Å². The van der Waals surface area contributed by atoms with E-state index < -0.39 is 0 Å². The molecule has 2 fully saturated rings. The lowest BCUT2D eigenvalue weighted by Crippen LogP contribution is -2.46. The highest BCUT2D eigenvalue weighted by atomic mass is 16.6. The van der Waals surface area contributed by atoms with E-state index in [0.717, 1.165) is 12.0 Å². The first-order chi connectivity index (χ1) is 9.20. The monoisotopic (exact) mass is 259 g/mol. The molecule has 4 nitrogen and oxygen atoms in total. The third kappa shape index (κ3) is 2.01. The third-order valence-electron chi connectivity index (χ3n) is 4.01. The van der Waals surface area contributed by atoms with Gasteiger partial charge in [-0.2, -0.15) is 0 Å². The minimum atomic E-state index is -0.352. The Hall–Kier alpha value is -1.84. The molecule has 0 spiro atoms. The third-order valence-corrected chi connectivity index (χ3v) is 4.01. The van der Waals surface area contributed by atoms with E-state index in [1.807, 2.05) is 37.3 Å². The minimum Gasteiger partial charge on any atom is -0.459 e. The summed E-state index contributed by atoms with van der Waals surface area (Å²) in [6.45, 7) is 2.56. The number of rotatable bonds is 3. The molecule has 3 atom stereocenters. The maximum absolute atomic E-state index is 12.6. The molecule has 0 saturated carbocycles. The molecule has 1 amide bonds. The first-order valence-corrected chi connectivity index (χ1v) is 6.76. The van der Waals surface area contributed by atoms with Crippen molar-refractivity contribution >= 4 is 11.9 Å². The predicted molar refractivity (Wildman–Crippen MR) is 69.5 cm³/mol. The van der Waals surface area contributed by atoms with E-state index in [2.05, 4.69) is 0 Å². The van der Waals surface area contributed by atoms with Crippen LogP contribution in [0.25, 0.3) is 0 Å². The normalized spacial score (nSPS) is 26.4. The van der Waals surface area contributed by atoms with Gasteiger partial charge < -0.3 is 9.64 Å². The fourth-order valence-electron chi connectivity index (χ4n) is 3.03.